The minimum absolute atomic E-state index is 0.135. The molecule has 0 saturated heterocycles. The van der Waals surface area contributed by atoms with Crippen molar-refractivity contribution in [3.63, 3.8) is 0 Å². The third-order valence-corrected chi connectivity index (χ3v) is 7.12. The molecule has 0 aliphatic carbocycles. The molecule has 0 bridgehead atoms. The monoisotopic (exact) mass is 473 g/mol. The molecule has 0 spiro atoms. The summed E-state index contributed by atoms with van der Waals surface area (Å²) in [5.74, 6) is 0. The van der Waals surface area contributed by atoms with Gasteiger partial charge >= 0.3 is 0 Å². The van der Waals surface area contributed by atoms with Crippen molar-refractivity contribution in [1.82, 2.24) is 10.1 Å². The Labute approximate surface area is 194 Å². The van der Waals surface area contributed by atoms with Crippen LogP contribution in [0.3, 0.4) is 0 Å². The third kappa shape index (κ3) is 5.88. The van der Waals surface area contributed by atoms with Crippen LogP contribution in [0.25, 0.3) is 0 Å². The van der Waals surface area contributed by atoms with Crippen molar-refractivity contribution < 1.29 is 13.3 Å². The number of hydrogen-bond donors (Lipinski definition) is 3. The second-order valence-electron chi connectivity index (χ2n) is 8.85. The normalized spacial score (nSPS) is 16.0. The molecular formula is C23H31N5O4S. The number of aryl methyl sites for hydroxylation is 4. The van der Waals surface area contributed by atoms with Gasteiger partial charge in [0, 0.05) is 30.4 Å². The molecule has 3 rings (SSSR count). The van der Waals surface area contributed by atoms with Crippen molar-refractivity contribution >= 4 is 27.6 Å². The fraction of sp³-hybridized carbons (Fsp3) is 0.435. The standard InChI is InChI=1S/C23H31N5O4S/c1-14(2)24-13-20-7-6-18-10-19(22(28(29)30)11-21(18)26-20)12-25-27-33(31,32)23-16(4)8-15(3)9-17(23)5/h8-12,14,20,24,26-27H,6-7,13H2,1-5H3/b25-12+. The smallest absolute Gasteiger partial charge is 0.280 e. The minimum Gasteiger partial charge on any atom is -0.381 e. The summed E-state index contributed by atoms with van der Waals surface area (Å²) >= 11 is 0. The molecule has 0 saturated carbocycles. The lowest BCUT2D eigenvalue weighted by Crippen LogP contribution is -2.38. The summed E-state index contributed by atoms with van der Waals surface area (Å²) in [6.45, 7) is 10.3. The number of rotatable bonds is 8. The van der Waals surface area contributed by atoms with Gasteiger partial charge in [0.25, 0.3) is 15.7 Å². The number of hydrogen-bond acceptors (Lipinski definition) is 7. The molecule has 9 nitrogen and oxygen atoms in total. The summed E-state index contributed by atoms with van der Waals surface area (Å²) in [5.41, 5.74) is 3.98. The Kier molecular flexibility index (Phi) is 7.38. The zero-order valence-electron chi connectivity index (χ0n) is 19.6. The van der Waals surface area contributed by atoms with E-state index in [0.29, 0.717) is 17.2 Å². The van der Waals surface area contributed by atoms with Gasteiger partial charge in [-0.1, -0.05) is 31.5 Å². The van der Waals surface area contributed by atoms with Crippen LogP contribution < -0.4 is 15.5 Å². The van der Waals surface area contributed by atoms with E-state index in [0.717, 1.165) is 36.2 Å². The molecule has 1 aliphatic heterocycles. The average molecular weight is 474 g/mol. The van der Waals surface area contributed by atoms with Crippen LogP contribution in [0.4, 0.5) is 11.4 Å². The first-order chi connectivity index (χ1) is 15.5. The largest absolute Gasteiger partial charge is 0.381 e. The molecule has 178 valence electrons. The topological polar surface area (TPSA) is 126 Å². The predicted octanol–water partition coefficient (Wildman–Crippen LogP) is 3.56. The number of fused-ring (bicyclic) bond motifs is 1. The van der Waals surface area contributed by atoms with E-state index >= 15 is 0 Å². The second kappa shape index (κ2) is 9.88. The summed E-state index contributed by atoms with van der Waals surface area (Å²) in [5, 5.41) is 22.3. The summed E-state index contributed by atoms with van der Waals surface area (Å²) in [6.07, 6.45) is 2.85. The SMILES string of the molecule is Cc1cc(C)c(S(=O)(=O)N/N=C/c2cc3c(cc2[N+](=O)[O-])NC(CNC(C)C)CC3)c(C)c1. The maximum absolute atomic E-state index is 12.8. The van der Waals surface area contributed by atoms with Gasteiger partial charge in [0.15, 0.2) is 0 Å². The number of anilines is 1. The lowest BCUT2D eigenvalue weighted by Gasteiger charge is -2.28. The van der Waals surface area contributed by atoms with Gasteiger partial charge in [-0.15, -0.1) is 0 Å². The molecule has 1 heterocycles. The fourth-order valence-corrected chi connectivity index (χ4v) is 5.46. The highest BCUT2D eigenvalue weighted by Crippen LogP contribution is 2.31. The molecule has 0 fully saturated rings. The van der Waals surface area contributed by atoms with Gasteiger partial charge in [-0.2, -0.15) is 13.5 Å². The van der Waals surface area contributed by atoms with Crippen LogP contribution in [-0.4, -0.2) is 38.2 Å². The molecule has 0 amide bonds. The highest BCUT2D eigenvalue weighted by atomic mass is 32.2. The molecular weight excluding hydrogens is 442 g/mol. The summed E-state index contributed by atoms with van der Waals surface area (Å²) in [4.78, 5) is 13.6. The average Bonchev–Trinajstić information content (AvgIpc) is 2.70. The molecule has 2 aromatic rings. The van der Waals surface area contributed by atoms with Crippen LogP contribution in [0.2, 0.25) is 0 Å². The molecule has 3 N–H and O–H groups in total. The van der Waals surface area contributed by atoms with Gasteiger partial charge in [0.05, 0.1) is 21.6 Å². The van der Waals surface area contributed by atoms with E-state index in [2.05, 4.69) is 34.4 Å². The number of hydrazone groups is 1. The lowest BCUT2D eigenvalue weighted by atomic mass is 9.95. The molecule has 33 heavy (non-hydrogen) atoms. The minimum atomic E-state index is -3.92. The first-order valence-corrected chi connectivity index (χ1v) is 12.4. The van der Waals surface area contributed by atoms with Gasteiger partial charge in [-0.3, -0.25) is 10.1 Å². The van der Waals surface area contributed by atoms with Crippen LogP contribution in [0, 0.1) is 30.9 Å². The van der Waals surface area contributed by atoms with Crippen molar-refractivity contribution in [2.24, 2.45) is 5.10 Å². The van der Waals surface area contributed by atoms with Crippen molar-refractivity contribution in [3.05, 3.63) is 62.2 Å². The number of nitrogens with zero attached hydrogens (tertiary/aromatic N) is 2. The number of nitro groups is 1. The van der Waals surface area contributed by atoms with E-state index in [1.165, 1.54) is 12.3 Å². The van der Waals surface area contributed by atoms with Crippen LogP contribution in [-0.2, 0) is 16.4 Å². The van der Waals surface area contributed by atoms with E-state index in [1.807, 2.05) is 6.92 Å². The molecule has 1 unspecified atom stereocenters. The van der Waals surface area contributed by atoms with Crippen molar-refractivity contribution in [3.8, 4) is 0 Å². The maximum atomic E-state index is 12.8. The van der Waals surface area contributed by atoms with Crippen LogP contribution in [0.15, 0.2) is 34.3 Å². The number of benzene rings is 2. The summed E-state index contributed by atoms with van der Waals surface area (Å²) in [6, 6.07) is 7.32. The van der Waals surface area contributed by atoms with E-state index in [9.17, 15) is 18.5 Å². The quantitative estimate of drug-likeness (QED) is 0.306. The first-order valence-electron chi connectivity index (χ1n) is 10.9. The Balaban J connectivity index is 1.83. The van der Waals surface area contributed by atoms with Crippen molar-refractivity contribution in [2.45, 2.75) is 64.4 Å². The van der Waals surface area contributed by atoms with E-state index in [4.69, 9.17) is 0 Å². The van der Waals surface area contributed by atoms with Gasteiger partial charge in [0.1, 0.15) is 0 Å². The maximum Gasteiger partial charge on any atom is 0.280 e. The Morgan fingerprint density at radius 3 is 2.48 bits per heavy atom. The van der Waals surface area contributed by atoms with Gasteiger partial charge in [-0.05, 0) is 56.4 Å². The first kappa shape index (κ1) is 24.7. The van der Waals surface area contributed by atoms with Crippen LogP contribution in [0.5, 0.6) is 0 Å². The lowest BCUT2D eigenvalue weighted by molar-refractivity contribution is -0.384. The fourth-order valence-electron chi connectivity index (χ4n) is 4.21. The van der Waals surface area contributed by atoms with Gasteiger partial charge in [0.2, 0.25) is 0 Å². The second-order valence-corrected chi connectivity index (χ2v) is 10.4. The molecule has 1 atom stereocenters. The highest BCUT2D eigenvalue weighted by molar-refractivity contribution is 7.89. The Bertz CT molecular complexity index is 1170. The zero-order chi connectivity index (χ0) is 24.3. The third-order valence-electron chi connectivity index (χ3n) is 5.59. The van der Waals surface area contributed by atoms with E-state index < -0.39 is 14.9 Å². The predicted molar refractivity (Wildman–Crippen MR) is 131 cm³/mol. The Hall–Kier alpha value is -2.98. The molecule has 2 aromatic carbocycles. The van der Waals surface area contributed by atoms with Crippen molar-refractivity contribution in [1.29, 1.82) is 0 Å². The Morgan fingerprint density at radius 2 is 1.88 bits per heavy atom. The van der Waals surface area contributed by atoms with E-state index in [1.54, 1.807) is 32.0 Å². The van der Waals surface area contributed by atoms with Crippen LogP contribution >= 0.6 is 0 Å². The van der Waals surface area contributed by atoms with E-state index in [-0.39, 0.29) is 22.2 Å². The number of sulfonamides is 1. The molecule has 10 heteroatoms. The summed E-state index contributed by atoms with van der Waals surface area (Å²) in [7, 11) is -3.92. The molecule has 1 aliphatic rings. The summed E-state index contributed by atoms with van der Waals surface area (Å²) < 4.78 is 25.6. The highest BCUT2D eigenvalue weighted by Gasteiger charge is 2.24. The zero-order valence-corrected chi connectivity index (χ0v) is 20.4. The van der Waals surface area contributed by atoms with Crippen LogP contribution in [0.1, 0.15) is 48.1 Å². The molecule has 0 aromatic heterocycles. The van der Waals surface area contributed by atoms with Crippen molar-refractivity contribution in [2.75, 3.05) is 11.9 Å². The Morgan fingerprint density at radius 1 is 1.21 bits per heavy atom. The number of nitro benzene ring substituents is 1. The van der Waals surface area contributed by atoms with Gasteiger partial charge in [-0.25, -0.2) is 4.83 Å². The molecule has 0 radical (unpaired) electrons. The number of nitrogens with one attached hydrogen (secondary N) is 3. The van der Waals surface area contributed by atoms with Gasteiger partial charge < -0.3 is 10.6 Å².